The van der Waals surface area contributed by atoms with Crippen LogP contribution in [0.15, 0.2) is 72.8 Å². The van der Waals surface area contributed by atoms with Crippen LogP contribution in [0.25, 0.3) is 16.9 Å². The van der Waals surface area contributed by atoms with Crippen molar-refractivity contribution in [3.63, 3.8) is 0 Å². The highest BCUT2D eigenvalue weighted by Gasteiger charge is 2.19. The minimum Gasteiger partial charge on any atom is -0.321 e. The van der Waals surface area contributed by atoms with Crippen LogP contribution in [0.5, 0.6) is 0 Å². The van der Waals surface area contributed by atoms with Gasteiger partial charge < -0.3 is 5.32 Å². The summed E-state index contributed by atoms with van der Waals surface area (Å²) in [5.41, 5.74) is 4.48. The molecule has 0 atom stereocenters. The fraction of sp³-hybridized carbons (Fsp3) is 0.0833. The van der Waals surface area contributed by atoms with Gasteiger partial charge in [0.25, 0.3) is 11.6 Å². The largest absolute Gasteiger partial charge is 0.321 e. The molecule has 4 aromatic rings. The molecule has 0 saturated carbocycles. The van der Waals surface area contributed by atoms with Crippen molar-refractivity contribution in [3.8, 4) is 16.9 Å². The van der Waals surface area contributed by atoms with Crippen LogP contribution in [0.3, 0.4) is 0 Å². The van der Waals surface area contributed by atoms with Gasteiger partial charge in [-0.2, -0.15) is 5.10 Å². The number of carbonyl (C=O) groups excluding carboxylic acids is 1. The molecule has 0 saturated heterocycles. The van der Waals surface area contributed by atoms with Crippen molar-refractivity contribution in [3.05, 3.63) is 106 Å². The quantitative estimate of drug-likeness (QED) is 0.336. The third-order valence-electron chi connectivity index (χ3n) is 5.01. The maximum absolute atomic E-state index is 13.2. The number of rotatable bonds is 5. The summed E-state index contributed by atoms with van der Waals surface area (Å²) in [6, 6.07) is 18.9. The van der Waals surface area contributed by atoms with E-state index in [1.54, 1.807) is 22.9 Å². The fourth-order valence-electron chi connectivity index (χ4n) is 3.30. The van der Waals surface area contributed by atoms with Crippen LogP contribution in [0.2, 0.25) is 0 Å². The summed E-state index contributed by atoms with van der Waals surface area (Å²) < 4.78 is 14.8. The average molecular weight is 430 g/mol. The van der Waals surface area contributed by atoms with E-state index in [0.717, 1.165) is 16.8 Å². The molecule has 0 spiro atoms. The molecule has 0 aliphatic heterocycles. The number of carbonyl (C=O) groups is 1. The van der Waals surface area contributed by atoms with Gasteiger partial charge in [-0.1, -0.05) is 12.1 Å². The molecule has 3 aromatic carbocycles. The zero-order valence-electron chi connectivity index (χ0n) is 17.4. The van der Waals surface area contributed by atoms with E-state index in [1.165, 1.54) is 36.4 Å². The Kier molecular flexibility index (Phi) is 5.51. The Hall–Kier alpha value is -4.33. The number of non-ortho nitro benzene ring substituents is 1. The van der Waals surface area contributed by atoms with Crippen LogP contribution in [0, 0.1) is 29.8 Å². The molecule has 32 heavy (non-hydrogen) atoms. The Morgan fingerprint density at radius 1 is 1.00 bits per heavy atom. The molecule has 0 fully saturated rings. The number of aryl methyl sites for hydroxylation is 2. The second-order valence-electron chi connectivity index (χ2n) is 7.38. The molecule has 0 aliphatic carbocycles. The molecule has 1 N–H and O–H groups in total. The Labute approximate surface area is 183 Å². The lowest BCUT2D eigenvalue weighted by Crippen LogP contribution is -2.17. The van der Waals surface area contributed by atoms with Crippen molar-refractivity contribution < 1.29 is 14.1 Å². The van der Waals surface area contributed by atoms with Crippen LogP contribution in [0.4, 0.5) is 15.8 Å². The monoisotopic (exact) mass is 430 g/mol. The summed E-state index contributed by atoms with van der Waals surface area (Å²) in [4.78, 5) is 23.6. The molecule has 0 aliphatic rings. The van der Waals surface area contributed by atoms with Gasteiger partial charge in [0.1, 0.15) is 11.5 Å². The molecule has 0 bridgehead atoms. The smallest absolute Gasteiger partial charge is 0.274 e. The molecule has 8 heteroatoms. The number of benzene rings is 3. The number of hydrogen-bond donors (Lipinski definition) is 1. The van der Waals surface area contributed by atoms with Gasteiger partial charge in [0.2, 0.25) is 0 Å². The first-order valence-electron chi connectivity index (χ1n) is 9.81. The number of halogens is 1. The molecular weight excluding hydrogens is 411 g/mol. The van der Waals surface area contributed by atoms with Crippen molar-refractivity contribution in [2.75, 3.05) is 5.32 Å². The van der Waals surface area contributed by atoms with Gasteiger partial charge in [-0.15, -0.1) is 0 Å². The fourth-order valence-corrected chi connectivity index (χ4v) is 3.30. The number of hydrogen-bond acceptors (Lipinski definition) is 4. The summed E-state index contributed by atoms with van der Waals surface area (Å²) in [5, 5.41) is 18.3. The first-order chi connectivity index (χ1) is 15.3. The van der Waals surface area contributed by atoms with E-state index in [2.05, 4.69) is 10.4 Å². The van der Waals surface area contributed by atoms with Crippen LogP contribution >= 0.6 is 0 Å². The Bertz CT molecular complexity index is 1310. The number of nitrogens with zero attached hydrogens (tertiary/aromatic N) is 3. The lowest BCUT2D eigenvalue weighted by Gasteiger charge is -2.11. The number of aromatic nitrogens is 2. The Balaban J connectivity index is 1.79. The molecule has 0 unspecified atom stereocenters. The van der Waals surface area contributed by atoms with Crippen molar-refractivity contribution in [2.45, 2.75) is 13.8 Å². The van der Waals surface area contributed by atoms with E-state index in [0.29, 0.717) is 16.9 Å². The van der Waals surface area contributed by atoms with E-state index >= 15 is 0 Å². The molecule has 0 radical (unpaired) electrons. The third-order valence-corrected chi connectivity index (χ3v) is 5.01. The second kappa shape index (κ2) is 8.43. The molecule has 160 valence electrons. The Morgan fingerprint density at radius 2 is 1.69 bits per heavy atom. The first kappa shape index (κ1) is 20.9. The molecule has 4 rings (SSSR count). The minimum atomic E-state index is -0.472. The van der Waals surface area contributed by atoms with Crippen molar-refractivity contribution in [2.24, 2.45) is 0 Å². The highest BCUT2D eigenvalue weighted by Crippen LogP contribution is 2.26. The van der Waals surface area contributed by atoms with E-state index in [9.17, 15) is 19.3 Å². The standard InChI is InChI=1S/C24H19FN4O3/c1-15-3-4-16(2)22(13-15)28-23(24(30)26-19-9-7-18(25)8-10-19)14-21(27-28)17-5-11-20(12-6-17)29(31)32/h3-14H,1-2H3,(H,26,30). The van der Waals surface area contributed by atoms with Crippen molar-refractivity contribution in [1.82, 2.24) is 9.78 Å². The van der Waals surface area contributed by atoms with Crippen LogP contribution < -0.4 is 5.32 Å². The number of nitro groups is 1. The van der Waals surface area contributed by atoms with Gasteiger partial charge in [0.15, 0.2) is 0 Å². The van der Waals surface area contributed by atoms with Crippen LogP contribution in [-0.2, 0) is 0 Å². The summed E-state index contributed by atoms with van der Waals surface area (Å²) in [6.45, 7) is 3.87. The summed E-state index contributed by atoms with van der Waals surface area (Å²) >= 11 is 0. The number of nitrogens with one attached hydrogen (secondary N) is 1. The van der Waals surface area contributed by atoms with Gasteiger partial charge in [-0.25, -0.2) is 9.07 Å². The van der Waals surface area contributed by atoms with E-state index in [-0.39, 0.29) is 11.4 Å². The maximum Gasteiger partial charge on any atom is 0.274 e. The zero-order chi connectivity index (χ0) is 22.8. The average Bonchev–Trinajstić information content (AvgIpc) is 3.22. The lowest BCUT2D eigenvalue weighted by atomic mass is 10.1. The Morgan fingerprint density at radius 3 is 2.34 bits per heavy atom. The highest BCUT2D eigenvalue weighted by molar-refractivity contribution is 6.04. The first-order valence-corrected chi connectivity index (χ1v) is 9.81. The van der Waals surface area contributed by atoms with Crippen LogP contribution in [0.1, 0.15) is 21.6 Å². The van der Waals surface area contributed by atoms with Crippen molar-refractivity contribution >= 4 is 17.3 Å². The van der Waals surface area contributed by atoms with Gasteiger partial charge in [0, 0.05) is 23.4 Å². The van der Waals surface area contributed by atoms with E-state index in [4.69, 9.17) is 0 Å². The van der Waals surface area contributed by atoms with E-state index < -0.39 is 16.6 Å². The SMILES string of the molecule is Cc1ccc(C)c(-n2nc(-c3ccc([N+](=O)[O-])cc3)cc2C(=O)Nc2ccc(F)cc2)c1. The molecule has 1 amide bonds. The zero-order valence-corrected chi connectivity index (χ0v) is 17.4. The van der Waals surface area contributed by atoms with Crippen LogP contribution in [-0.4, -0.2) is 20.6 Å². The van der Waals surface area contributed by atoms with E-state index in [1.807, 2.05) is 32.0 Å². The lowest BCUT2D eigenvalue weighted by molar-refractivity contribution is -0.384. The molecule has 1 heterocycles. The summed E-state index contributed by atoms with van der Waals surface area (Å²) in [6.07, 6.45) is 0. The van der Waals surface area contributed by atoms with Gasteiger partial charge in [-0.3, -0.25) is 14.9 Å². The van der Waals surface area contributed by atoms with Gasteiger partial charge in [-0.05, 0) is 73.5 Å². The molecule has 1 aromatic heterocycles. The predicted octanol–water partition coefficient (Wildman–Crippen LogP) is 5.46. The summed E-state index contributed by atoms with van der Waals surface area (Å²) in [5.74, 6) is -0.818. The molecule has 7 nitrogen and oxygen atoms in total. The van der Waals surface area contributed by atoms with Gasteiger partial charge >= 0.3 is 0 Å². The number of amides is 1. The second-order valence-corrected chi connectivity index (χ2v) is 7.38. The number of nitro benzene ring substituents is 1. The van der Waals surface area contributed by atoms with Gasteiger partial charge in [0.05, 0.1) is 16.3 Å². The normalized spacial score (nSPS) is 10.7. The topological polar surface area (TPSA) is 90.1 Å². The number of anilines is 1. The van der Waals surface area contributed by atoms with Crippen molar-refractivity contribution in [1.29, 1.82) is 0 Å². The predicted molar refractivity (Wildman–Crippen MR) is 119 cm³/mol. The maximum atomic E-state index is 13.2. The molecular formula is C24H19FN4O3. The minimum absolute atomic E-state index is 0.0306. The third kappa shape index (κ3) is 4.24. The summed E-state index contributed by atoms with van der Waals surface area (Å²) in [7, 11) is 0. The highest BCUT2D eigenvalue weighted by atomic mass is 19.1.